The first kappa shape index (κ1) is 20.2. The monoisotopic (exact) mass is 348 g/mol. The fourth-order valence-corrected chi connectivity index (χ4v) is 3.51. The second-order valence-electron chi connectivity index (χ2n) is 7.22. The maximum absolute atomic E-state index is 11.8. The van der Waals surface area contributed by atoms with Crippen molar-refractivity contribution in [2.75, 3.05) is 24.6 Å². The van der Waals surface area contributed by atoms with Crippen molar-refractivity contribution in [2.45, 2.75) is 65.0 Å². The minimum Gasteiger partial charge on any atom is -0.444 e. The topological polar surface area (TPSA) is 84.5 Å². The van der Waals surface area contributed by atoms with E-state index in [-0.39, 0.29) is 17.5 Å². The minimum absolute atomic E-state index is 0.173. The van der Waals surface area contributed by atoms with Crippen LogP contribution in [0, 0.1) is 5.92 Å². The molecule has 7 heteroatoms. The molecule has 0 radical (unpaired) electrons. The van der Waals surface area contributed by atoms with Gasteiger partial charge in [-0.3, -0.25) is 0 Å². The molecule has 1 amide bonds. The van der Waals surface area contributed by atoms with E-state index < -0.39 is 21.5 Å². The minimum atomic E-state index is -2.94. The second kappa shape index (κ2) is 8.87. The van der Waals surface area contributed by atoms with Crippen LogP contribution in [0.4, 0.5) is 4.79 Å². The zero-order valence-corrected chi connectivity index (χ0v) is 15.7. The molecule has 2 atom stereocenters. The summed E-state index contributed by atoms with van der Waals surface area (Å²) < 4.78 is 28.4. The summed E-state index contributed by atoms with van der Waals surface area (Å²) in [5.74, 6) is 0.676. The van der Waals surface area contributed by atoms with Gasteiger partial charge in [0.25, 0.3) is 0 Å². The molecule has 0 aliphatic heterocycles. The largest absolute Gasteiger partial charge is 0.444 e. The number of carbonyl (C=O) groups is 1. The van der Waals surface area contributed by atoms with Crippen molar-refractivity contribution in [2.24, 2.45) is 5.92 Å². The van der Waals surface area contributed by atoms with Crippen LogP contribution in [0.2, 0.25) is 0 Å². The number of nitrogens with one attached hydrogen (secondary N) is 2. The predicted octanol–water partition coefficient (Wildman–Crippen LogP) is 2.09. The highest BCUT2D eigenvalue weighted by Gasteiger charge is 2.26. The van der Waals surface area contributed by atoms with Crippen LogP contribution in [0.5, 0.6) is 0 Å². The van der Waals surface area contributed by atoms with Crippen molar-refractivity contribution in [1.82, 2.24) is 10.6 Å². The molecule has 1 aliphatic rings. The van der Waals surface area contributed by atoms with Gasteiger partial charge in [0.15, 0.2) is 9.84 Å². The lowest BCUT2D eigenvalue weighted by molar-refractivity contribution is 0.0511. The van der Waals surface area contributed by atoms with Crippen molar-refractivity contribution in [3.8, 4) is 0 Å². The van der Waals surface area contributed by atoms with Gasteiger partial charge in [-0.2, -0.15) is 0 Å². The average Bonchev–Trinajstić information content (AvgIpc) is 2.44. The molecule has 136 valence electrons. The van der Waals surface area contributed by atoms with Crippen LogP contribution in [0.1, 0.15) is 53.4 Å². The number of carbonyl (C=O) groups excluding carboxylic acids is 1. The predicted molar refractivity (Wildman–Crippen MR) is 92.3 cm³/mol. The van der Waals surface area contributed by atoms with E-state index in [1.807, 2.05) is 20.8 Å². The fraction of sp³-hybridized carbons (Fsp3) is 0.938. The van der Waals surface area contributed by atoms with Crippen LogP contribution in [0.25, 0.3) is 0 Å². The molecule has 23 heavy (non-hydrogen) atoms. The average molecular weight is 349 g/mol. The molecular weight excluding hydrogens is 316 g/mol. The van der Waals surface area contributed by atoms with E-state index in [2.05, 4.69) is 10.6 Å². The number of rotatable bonds is 7. The van der Waals surface area contributed by atoms with Gasteiger partial charge < -0.3 is 15.4 Å². The second-order valence-corrected chi connectivity index (χ2v) is 9.70. The van der Waals surface area contributed by atoms with Crippen molar-refractivity contribution in [1.29, 1.82) is 0 Å². The lowest BCUT2D eigenvalue weighted by atomic mass is 9.84. The van der Waals surface area contributed by atoms with E-state index in [0.717, 1.165) is 25.7 Å². The summed E-state index contributed by atoms with van der Waals surface area (Å²) in [6, 6.07) is 0.255. The first-order chi connectivity index (χ1) is 10.6. The van der Waals surface area contributed by atoms with Gasteiger partial charge in [-0.15, -0.1) is 0 Å². The molecule has 1 aliphatic carbocycles. The summed E-state index contributed by atoms with van der Waals surface area (Å²) in [7, 11) is -2.94. The van der Waals surface area contributed by atoms with E-state index in [1.54, 1.807) is 6.92 Å². The number of alkyl carbamates (subject to hydrolysis) is 1. The van der Waals surface area contributed by atoms with Crippen LogP contribution in [-0.4, -0.2) is 50.7 Å². The van der Waals surface area contributed by atoms with E-state index in [4.69, 9.17) is 4.74 Å². The van der Waals surface area contributed by atoms with Gasteiger partial charge in [-0.1, -0.05) is 19.8 Å². The number of sulfone groups is 1. The lowest BCUT2D eigenvalue weighted by Gasteiger charge is -2.32. The summed E-state index contributed by atoms with van der Waals surface area (Å²) in [5.41, 5.74) is -0.497. The Morgan fingerprint density at radius 3 is 2.48 bits per heavy atom. The number of ether oxygens (including phenoxy) is 1. The molecule has 0 aromatic carbocycles. The quantitative estimate of drug-likeness (QED) is 0.736. The first-order valence-corrected chi connectivity index (χ1v) is 10.4. The molecule has 6 nitrogen and oxygen atoms in total. The molecule has 0 heterocycles. The van der Waals surface area contributed by atoms with Crippen molar-refractivity contribution in [3.63, 3.8) is 0 Å². The Kier molecular flexibility index (Phi) is 7.80. The normalized spacial score (nSPS) is 22.6. The molecule has 0 saturated heterocycles. The zero-order valence-electron chi connectivity index (χ0n) is 14.9. The summed E-state index contributed by atoms with van der Waals surface area (Å²) >= 11 is 0. The number of amides is 1. The van der Waals surface area contributed by atoms with Crippen LogP contribution in [-0.2, 0) is 14.6 Å². The molecule has 0 spiro atoms. The van der Waals surface area contributed by atoms with E-state index in [0.29, 0.717) is 19.0 Å². The Balaban J connectivity index is 2.41. The molecule has 1 saturated carbocycles. The van der Waals surface area contributed by atoms with Crippen LogP contribution in [0.3, 0.4) is 0 Å². The Bertz CT molecular complexity index is 471. The van der Waals surface area contributed by atoms with E-state index in [1.165, 1.54) is 0 Å². The lowest BCUT2D eigenvalue weighted by Crippen LogP contribution is -2.46. The van der Waals surface area contributed by atoms with Gasteiger partial charge in [0.1, 0.15) is 5.60 Å². The van der Waals surface area contributed by atoms with Gasteiger partial charge in [-0.25, -0.2) is 13.2 Å². The van der Waals surface area contributed by atoms with Gasteiger partial charge in [-0.05, 0) is 39.5 Å². The van der Waals surface area contributed by atoms with Crippen LogP contribution in [0.15, 0.2) is 0 Å². The molecule has 2 N–H and O–H groups in total. The smallest absolute Gasteiger partial charge is 0.407 e. The number of hydrogen-bond donors (Lipinski definition) is 2. The highest BCUT2D eigenvalue weighted by Crippen LogP contribution is 2.24. The van der Waals surface area contributed by atoms with E-state index >= 15 is 0 Å². The van der Waals surface area contributed by atoms with Crippen LogP contribution >= 0.6 is 0 Å². The number of hydrogen-bond acceptors (Lipinski definition) is 5. The third kappa shape index (κ3) is 8.55. The standard InChI is InChI=1S/C16H32N2O4S/c1-5-23(20,21)11-10-17-14-9-7-6-8-13(14)12-18-15(19)22-16(2,3)4/h13-14,17H,5-12H2,1-4H3,(H,18,19). The highest BCUT2D eigenvalue weighted by molar-refractivity contribution is 7.91. The van der Waals surface area contributed by atoms with Crippen molar-refractivity contribution < 1.29 is 17.9 Å². The molecule has 1 rings (SSSR count). The Hall–Kier alpha value is -0.820. The van der Waals surface area contributed by atoms with Crippen molar-refractivity contribution in [3.05, 3.63) is 0 Å². The Morgan fingerprint density at radius 1 is 1.22 bits per heavy atom. The van der Waals surface area contributed by atoms with Gasteiger partial charge >= 0.3 is 6.09 Å². The zero-order chi connectivity index (χ0) is 17.5. The SMILES string of the molecule is CCS(=O)(=O)CCNC1CCCCC1CNC(=O)OC(C)(C)C. The maximum atomic E-state index is 11.8. The summed E-state index contributed by atoms with van der Waals surface area (Å²) in [6.45, 7) is 8.23. The van der Waals surface area contributed by atoms with Crippen LogP contribution < -0.4 is 10.6 Å². The molecule has 0 aromatic rings. The van der Waals surface area contributed by atoms with Gasteiger partial charge in [0.2, 0.25) is 0 Å². The Morgan fingerprint density at radius 2 is 1.87 bits per heavy atom. The van der Waals surface area contributed by atoms with Crippen molar-refractivity contribution >= 4 is 15.9 Å². The van der Waals surface area contributed by atoms with Gasteiger partial charge in [0, 0.05) is 24.9 Å². The molecule has 2 unspecified atom stereocenters. The summed E-state index contributed by atoms with van der Waals surface area (Å²) in [5, 5.41) is 6.20. The van der Waals surface area contributed by atoms with E-state index in [9.17, 15) is 13.2 Å². The first-order valence-electron chi connectivity index (χ1n) is 8.53. The Labute approximate surface area is 140 Å². The molecule has 1 fully saturated rings. The fourth-order valence-electron chi connectivity index (χ4n) is 2.79. The summed E-state index contributed by atoms with van der Waals surface area (Å²) in [4.78, 5) is 11.8. The summed E-state index contributed by atoms with van der Waals surface area (Å²) in [6.07, 6.45) is 3.95. The third-order valence-electron chi connectivity index (χ3n) is 4.08. The molecule has 0 bridgehead atoms. The highest BCUT2D eigenvalue weighted by atomic mass is 32.2. The molecule has 0 aromatic heterocycles. The molecular formula is C16H32N2O4S. The maximum Gasteiger partial charge on any atom is 0.407 e. The third-order valence-corrected chi connectivity index (χ3v) is 5.78. The van der Waals surface area contributed by atoms with Gasteiger partial charge in [0.05, 0.1) is 5.75 Å².